The summed E-state index contributed by atoms with van der Waals surface area (Å²) in [6, 6.07) is 5.61. The van der Waals surface area contributed by atoms with Crippen LogP contribution in [-0.2, 0) is 14.4 Å². The second kappa shape index (κ2) is 6.10. The van der Waals surface area contributed by atoms with Crippen molar-refractivity contribution >= 4 is 23.4 Å². The maximum absolute atomic E-state index is 13.1. The minimum Gasteiger partial charge on any atom is -0.326 e. The standard InChI is InChI=1S/C19H19FN2O3/c20-13-2-1-3-14(10-13)21-15(23)8-9-22-18(24)16-11-4-5-12(7-6-11)17(16)19(22)25/h1-5,10-12,16-17H,6-9H2,(H,21,23)/t11-,12-,16-,17+/m0/s1. The van der Waals surface area contributed by atoms with Crippen molar-refractivity contribution in [3.8, 4) is 0 Å². The third-order valence-electron chi connectivity index (χ3n) is 5.52. The molecule has 5 rings (SSSR count). The molecule has 3 amide bonds. The Morgan fingerprint density at radius 2 is 1.76 bits per heavy atom. The summed E-state index contributed by atoms with van der Waals surface area (Å²) in [7, 11) is 0. The number of hydrogen-bond donors (Lipinski definition) is 1. The SMILES string of the molecule is O=C(CCN1C(=O)[C@@H]2[C@H](C1=O)[C@H]1C=C[C@H]2CC1)Nc1cccc(F)c1. The van der Waals surface area contributed by atoms with Gasteiger partial charge in [-0.05, 0) is 42.9 Å². The molecule has 4 aliphatic rings. The van der Waals surface area contributed by atoms with E-state index in [0.29, 0.717) is 5.69 Å². The van der Waals surface area contributed by atoms with E-state index in [9.17, 15) is 18.8 Å². The molecule has 2 fully saturated rings. The van der Waals surface area contributed by atoms with Crippen molar-refractivity contribution in [3.63, 3.8) is 0 Å². The number of nitrogens with zero attached hydrogens (tertiary/aromatic N) is 1. The van der Waals surface area contributed by atoms with Gasteiger partial charge in [-0.1, -0.05) is 18.2 Å². The lowest BCUT2D eigenvalue weighted by molar-refractivity contribution is -0.140. The van der Waals surface area contributed by atoms with Gasteiger partial charge in [0, 0.05) is 18.7 Å². The van der Waals surface area contributed by atoms with Gasteiger partial charge in [0.25, 0.3) is 0 Å². The second-order valence-electron chi connectivity index (χ2n) is 6.98. The van der Waals surface area contributed by atoms with Crippen LogP contribution < -0.4 is 5.32 Å². The number of likely N-dealkylation sites (tertiary alicyclic amines) is 1. The Kier molecular flexibility index (Phi) is 3.90. The number of fused-ring (bicyclic) bond motifs is 1. The number of amides is 3. The number of carbonyl (C=O) groups excluding carboxylic acids is 3. The Morgan fingerprint density at radius 3 is 2.32 bits per heavy atom. The highest BCUT2D eigenvalue weighted by Gasteiger charge is 2.56. The van der Waals surface area contributed by atoms with Crippen molar-refractivity contribution in [1.82, 2.24) is 4.90 Å². The predicted octanol–water partition coefficient (Wildman–Crippen LogP) is 2.35. The summed E-state index contributed by atoms with van der Waals surface area (Å²) in [5, 5.41) is 2.59. The van der Waals surface area contributed by atoms with Crippen molar-refractivity contribution < 1.29 is 18.8 Å². The fraction of sp³-hybridized carbons (Fsp3) is 0.421. The summed E-state index contributed by atoms with van der Waals surface area (Å²) in [4.78, 5) is 38.6. The van der Waals surface area contributed by atoms with E-state index in [4.69, 9.17) is 0 Å². The fourth-order valence-electron chi connectivity index (χ4n) is 4.36. The first kappa shape index (κ1) is 16.0. The van der Waals surface area contributed by atoms with Gasteiger partial charge in [-0.15, -0.1) is 0 Å². The molecule has 0 radical (unpaired) electrons. The van der Waals surface area contributed by atoms with Crippen LogP contribution in [0, 0.1) is 29.5 Å². The van der Waals surface area contributed by atoms with Gasteiger partial charge < -0.3 is 5.32 Å². The first-order valence-corrected chi connectivity index (χ1v) is 8.63. The lowest BCUT2D eigenvalue weighted by atomic mass is 9.63. The number of halogens is 1. The van der Waals surface area contributed by atoms with Gasteiger partial charge in [0.15, 0.2) is 0 Å². The smallest absolute Gasteiger partial charge is 0.233 e. The highest BCUT2D eigenvalue weighted by molar-refractivity contribution is 6.06. The lowest BCUT2D eigenvalue weighted by Gasteiger charge is -2.38. The van der Waals surface area contributed by atoms with Gasteiger partial charge in [0.1, 0.15) is 5.82 Å². The number of allylic oxidation sites excluding steroid dienone is 2. The van der Waals surface area contributed by atoms with Crippen LogP contribution >= 0.6 is 0 Å². The molecule has 0 unspecified atom stereocenters. The average molecular weight is 342 g/mol. The fourth-order valence-corrected chi connectivity index (χ4v) is 4.36. The number of hydrogen-bond acceptors (Lipinski definition) is 3. The number of carbonyl (C=O) groups is 3. The zero-order valence-corrected chi connectivity index (χ0v) is 13.7. The minimum atomic E-state index is -0.435. The molecule has 5 nitrogen and oxygen atoms in total. The summed E-state index contributed by atoms with van der Waals surface area (Å²) in [5.74, 6) is -1.27. The van der Waals surface area contributed by atoms with Crippen LogP contribution in [0.2, 0.25) is 0 Å². The Morgan fingerprint density at radius 1 is 1.12 bits per heavy atom. The quantitative estimate of drug-likeness (QED) is 0.675. The number of rotatable bonds is 4. The molecule has 2 bridgehead atoms. The van der Waals surface area contributed by atoms with Crippen LogP contribution in [0.4, 0.5) is 10.1 Å². The molecule has 6 heteroatoms. The number of imide groups is 1. The largest absolute Gasteiger partial charge is 0.326 e. The Hall–Kier alpha value is -2.50. The van der Waals surface area contributed by atoms with Crippen LogP contribution in [0.15, 0.2) is 36.4 Å². The van der Waals surface area contributed by atoms with Crippen molar-refractivity contribution in [2.24, 2.45) is 23.7 Å². The molecule has 3 aliphatic carbocycles. The highest BCUT2D eigenvalue weighted by Crippen LogP contribution is 2.49. The molecule has 1 aromatic carbocycles. The Bertz CT molecular complexity index is 744. The van der Waals surface area contributed by atoms with Crippen LogP contribution in [0.1, 0.15) is 19.3 Å². The highest BCUT2D eigenvalue weighted by atomic mass is 19.1. The monoisotopic (exact) mass is 342 g/mol. The Labute approximate surface area is 144 Å². The van der Waals surface area contributed by atoms with Crippen LogP contribution in [0.3, 0.4) is 0 Å². The molecule has 25 heavy (non-hydrogen) atoms. The molecule has 1 saturated heterocycles. The van der Waals surface area contributed by atoms with E-state index in [1.807, 2.05) is 0 Å². The summed E-state index contributed by atoms with van der Waals surface area (Å²) in [6.45, 7) is 0.0747. The van der Waals surface area contributed by atoms with Crippen LogP contribution in [0.25, 0.3) is 0 Å². The van der Waals surface area contributed by atoms with E-state index >= 15 is 0 Å². The zero-order chi connectivity index (χ0) is 17.6. The number of anilines is 1. The molecule has 1 aromatic rings. The molecule has 1 aliphatic heterocycles. The normalized spacial score (nSPS) is 29.9. The van der Waals surface area contributed by atoms with Gasteiger partial charge in [-0.2, -0.15) is 0 Å². The summed E-state index contributed by atoms with van der Waals surface area (Å²) in [5.41, 5.74) is 0.361. The third kappa shape index (κ3) is 2.75. The molecule has 0 spiro atoms. The van der Waals surface area contributed by atoms with Gasteiger partial charge >= 0.3 is 0 Å². The van der Waals surface area contributed by atoms with Crippen molar-refractivity contribution in [2.75, 3.05) is 11.9 Å². The molecule has 0 aromatic heterocycles. The predicted molar refractivity (Wildman–Crippen MR) is 88.7 cm³/mol. The van der Waals surface area contributed by atoms with Crippen LogP contribution in [0.5, 0.6) is 0 Å². The first-order chi connectivity index (χ1) is 12.0. The van der Waals surface area contributed by atoms with E-state index in [1.54, 1.807) is 6.07 Å². The van der Waals surface area contributed by atoms with E-state index < -0.39 is 5.82 Å². The lowest BCUT2D eigenvalue weighted by Crippen LogP contribution is -2.38. The molecule has 1 N–H and O–H groups in total. The first-order valence-electron chi connectivity index (χ1n) is 8.63. The number of benzene rings is 1. The molecular weight excluding hydrogens is 323 g/mol. The van der Waals surface area contributed by atoms with Crippen molar-refractivity contribution in [1.29, 1.82) is 0 Å². The van der Waals surface area contributed by atoms with Gasteiger partial charge in [-0.25, -0.2) is 4.39 Å². The molecule has 4 atom stereocenters. The molecule has 1 heterocycles. The van der Waals surface area contributed by atoms with Crippen LogP contribution in [-0.4, -0.2) is 29.2 Å². The van der Waals surface area contributed by atoms with E-state index in [1.165, 1.54) is 23.1 Å². The average Bonchev–Trinajstić information content (AvgIpc) is 2.87. The van der Waals surface area contributed by atoms with E-state index in [0.717, 1.165) is 12.8 Å². The van der Waals surface area contributed by atoms with E-state index in [-0.39, 0.29) is 54.4 Å². The van der Waals surface area contributed by atoms with Gasteiger partial charge in [0.2, 0.25) is 17.7 Å². The van der Waals surface area contributed by atoms with Crippen molar-refractivity contribution in [2.45, 2.75) is 19.3 Å². The number of nitrogens with one attached hydrogen (secondary N) is 1. The third-order valence-corrected chi connectivity index (χ3v) is 5.52. The molecular formula is C19H19FN2O3. The zero-order valence-electron chi connectivity index (χ0n) is 13.7. The summed E-state index contributed by atoms with van der Waals surface area (Å²) >= 11 is 0. The Balaban J connectivity index is 1.39. The van der Waals surface area contributed by atoms with E-state index in [2.05, 4.69) is 17.5 Å². The maximum Gasteiger partial charge on any atom is 0.233 e. The topological polar surface area (TPSA) is 66.5 Å². The van der Waals surface area contributed by atoms with Gasteiger partial charge in [0.05, 0.1) is 11.8 Å². The molecule has 130 valence electrons. The molecule has 1 saturated carbocycles. The maximum atomic E-state index is 13.1. The minimum absolute atomic E-state index is 0.0101. The van der Waals surface area contributed by atoms with Crippen molar-refractivity contribution in [3.05, 3.63) is 42.2 Å². The second-order valence-corrected chi connectivity index (χ2v) is 6.98. The summed E-state index contributed by atoms with van der Waals surface area (Å²) < 4.78 is 13.1. The van der Waals surface area contributed by atoms with Gasteiger partial charge in [-0.3, -0.25) is 19.3 Å². The summed E-state index contributed by atoms with van der Waals surface area (Å²) in [6.07, 6.45) is 6.06.